The molecule has 3 heteroatoms. The van der Waals surface area contributed by atoms with E-state index in [1.807, 2.05) is 0 Å². The normalized spacial score (nSPS) is 14.8. The monoisotopic (exact) mass is 200 g/mol. The molecule has 0 saturated carbocycles. The Bertz CT molecular complexity index is 341. The largest absolute Gasteiger partial charge is 0.294 e. The Hall–Kier alpha value is -0.340. The number of aryl methyl sites for hydroxylation is 1. The molecule has 0 aliphatic heterocycles. The Morgan fingerprint density at radius 1 is 1.50 bits per heavy atom. The molecule has 0 fully saturated rings. The topological polar surface area (TPSA) is 17.1 Å². The quantitative estimate of drug-likeness (QED) is 0.637. The number of hydrogen-bond acceptors (Lipinski definition) is 2. The van der Waals surface area contributed by atoms with E-state index >= 15 is 0 Å². The van der Waals surface area contributed by atoms with Crippen LogP contribution in [0.1, 0.15) is 33.5 Å². The second kappa shape index (κ2) is 2.86. The number of rotatable bonds is 1. The van der Waals surface area contributed by atoms with E-state index in [-0.39, 0.29) is 5.78 Å². The number of ketones is 1. The maximum atomic E-state index is 11.1. The molecule has 1 aromatic heterocycles. The van der Waals surface area contributed by atoms with Gasteiger partial charge in [-0.05, 0) is 24.8 Å². The lowest BCUT2D eigenvalue weighted by Crippen LogP contribution is -1.88. The van der Waals surface area contributed by atoms with Gasteiger partial charge in [0.25, 0.3) is 0 Å². The van der Waals surface area contributed by atoms with E-state index in [2.05, 4.69) is 0 Å². The fourth-order valence-corrected chi connectivity index (χ4v) is 3.28. The highest BCUT2D eigenvalue weighted by atomic mass is 35.5. The minimum atomic E-state index is 0.0967. The van der Waals surface area contributed by atoms with Crippen LogP contribution >= 0.6 is 22.9 Å². The number of Topliss-reactive ketones (excluding diaryl/α,β-unsaturated/α-hetero) is 1. The molecule has 0 aromatic carbocycles. The zero-order valence-corrected chi connectivity index (χ0v) is 8.39. The first-order chi connectivity index (χ1) is 5.70. The van der Waals surface area contributed by atoms with Crippen molar-refractivity contribution in [3.05, 3.63) is 20.3 Å². The van der Waals surface area contributed by atoms with Crippen LogP contribution in [0.5, 0.6) is 0 Å². The van der Waals surface area contributed by atoms with Gasteiger partial charge in [0, 0.05) is 11.8 Å². The number of hydrogen-bond donors (Lipinski definition) is 0. The molecule has 0 spiro atoms. The third-order valence-electron chi connectivity index (χ3n) is 2.18. The van der Waals surface area contributed by atoms with Gasteiger partial charge in [0.05, 0.1) is 9.90 Å². The van der Waals surface area contributed by atoms with E-state index in [4.69, 9.17) is 11.6 Å². The summed E-state index contributed by atoms with van der Waals surface area (Å²) in [5.41, 5.74) is 1.23. The Labute approximate surface area is 80.4 Å². The standard InChI is InChI=1S/C9H9ClOS/c1-5(11)9-8(10)6-3-2-4-7(6)12-9/h2-4H2,1H3. The van der Waals surface area contributed by atoms with Crippen LogP contribution in [0.4, 0.5) is 0 Å². The van der Waals surface area contributed by atoms with E-state index in [1.54, 1.807) is 18.3 Å². The fraction of sp³-hybridized carbons (Fsp3) is 0.444. The minimum Gasteiger partial charge on any atom is -0.294 e. The molecule has 1 aromatic rings. The van der Waals surface area contributed by atoms with Gasteiger partial charge in [0.1, 0.15) is 0 Å². The summed E-state index contributed by atoms with van der Waals surface area (Å²) in [6, 6.07) is 0. The number of fused-ring (bicyclic) bond motifs is 1. The molecular weight excluding hydrogens is 192 g/mol. The molecule has 0 atom stereocenters. The molecule has 0 unspecified atom stereocenters. The maximum Gasteiger partial charge on any atom is 0.171 e. The Morgan fingerprint density at radius 3 is 2.83 bits per heavy atom. The van der Waals surface area contributed by atoms with Crippen molar-refractivity contribution in [2.24, 2.45) is 0 Å². The van der Waals surface area contributed by atoms with Crippen molar-refractivity contribution in [2.75, 3.05) is 0 Å². The first-order valence-electron chi connectivity index (χ1n) is 4.01. The smallest absolute Gasteiger partial charge is 0.171 e. The maximum absolute atomic E-state index is 11.1. The third-order valence-corrected chi connectivity index (χ3v) is 4.10. The summed E-state index contributed by atoms with van der Waals surface area (Å²) in [5.74, 6) is 0.0967. The van der Waals surface area contributed by atoms with Gasteiger partial charge in [-0.1, -0.05) is 11.6 Å². The van der Waals surface area contributed by atoms with Gasteiger partial charge in [-0.15, -0.1) is 11.3 Å². The fourth-order valence-electron chi connectivity index (χ4n) is 1.59. The average Bonchev–Trinajstić information content (AvgIpc) is 2.53. The Kier molecular flexibility index (Phi) is 1.97. The third kappa shape index (κ3) is 1.10. The summed E-state index contributed by atoms with van der Waals surface area (Å²) in [4.78, 5) is 13.2. The zero-order chi connectivity index (χ0) is 8.72. The predicted molar refractivity (Wildman–Crippen MR) is 51.4 cm³/mol. The summed E-state index contributed by atoms with van der Waals surface area (Å²) < 4.78 is 0. The Morgan fingerprint density at radius 2 is 2.25 bits per heavy atom. The molecular formula is C9H9ClOS. The number of carbonyl (C=O) groups is 1. The summed E-state index contributed by atoms with van der Waals surface area (Å²) >= 11 is 7.63. The molecule has 64 valence electrons. The molecule has 0 amide bonds. The van der Waals surface area contributed by atoms with E-state index in [1.165, 1.54) is 16.9 Å². The van der Waals surface area contributed by atoms with E-state index in [0.717, 1.165) is 22.7 Å². The molecule has 0 saturated heterocycles. The van der Waals surface area contributed by atoms with Gasteiger partial charge in [-0.25, -0.2) is 0 Å². The molecule has 1 aliphatic rings. The highest BCUT2D eigenvalue weighted by Crippen LogP contribution is 2.38. The first kappa shape index (κ1) is 8.27. The molecule has 0 N–H and O–H groups in total. The van der Waals surface area contributed by atoms with Crippen LogP contribution in [0.25, 0.3) is 0 Å². The highest BCUT2D eigenvalue weighted by molar-refractivity contribution is 7.15. The minimum absolute atomic E-state index is 0.0967. The predicted octanol–water partition coefficient (Wildman–Crippen LogP) is 3.09. The van der Waals surface area contributed by atoms with Crippen LogP contribution < -0.4 is 0 Å². The summed E-state index contributed by atoms with van der Waals surface area (Å²) in [6.07, 6.45) is 3.35. The van der Waals surface area contributed by atoms with Crippen LogP contribution in [0, 0.1) is 0 Å². The summed E-state index contributed by atoms with van der Waals surface area (Å²) in [7, 11) is 0. The second-order valence-electron chi connectivity index (χ2n) is 3.06. The number of thiophene rings is 1. The lowest BCUT2D eigenvalue weighted by Gasteiger charge is -1.92. The van der Waals surface area contributed by atoms with E-state index < -0.39 is 0 Å². The van der Waals surface area contributed by atoms with Crippen LogP contribution in [0.3, 0.4) is 0 Å². The SMILES string of the molecule is CC(=O)c1sc2c(c1Cl)CCC2. The average molecular weight is 201 g/mol. The van der Waals surface area contributed by atoms with Crippen LogP contribution in [-0.4, -0.2) is 5.78 Å². The molecule has 1 heterocycles. The van der Waals surface area contributed by atoms with Crippen molar-refractivity contribution in [3.8, 4) is 0 Å². The summed E-state index contributed by atoms with van der Waals surface area (Å²) in [6.45, 7) is 1.58. The van der Waals surface area contributed by atoms with Gasteiger partial charge in [-0.3, -0.25) is 4.79 Å². The van der Waals surface area contributed by atoms with Crippen molar-refractivity contribution in [2.45, 2.75) is 26.2 Å². The molecule has 1 nitrogen and oxygen atoms in total. The zero-order valence-electron chi connectivity index (χ0n) is 6.82. The van der Waals surface area contributed by atoms with Gasteiger partial charge < -0.3 is 0 Å². The number of carbonyl (C=O) groups excluding carboxylic acids is 1. The highest BCUT2D eigenvalue weighted by Gasteiger charge is 2.22. The lowest BCUT2D eigenvalue weighted by atomic mass is 10.2. The van der Waals surface area contributed by atoms with Gasteiger partial charge in [-0.2, -0.15) is 0 Å². The van der Waals surface area contributed by atoms with Crippen LogP contribution in [0.2, 0.25) is 5.02 Å². The van der Waals surface area contributed by atoms with Gasteiger partial charge >= 0.3 is 0 Å². The van der Waals surface area contributed by atoms with Crippen LogP contribution in [0.15, 0.2) is 0 Å². The molecule has 2 rings (SSSR count). The van der Waals surface area contributed by atoms with Crippen molar-refractivity contribution in [1.82, 2.24) is 0 Å². The van der Waals surface area contributed by atoms with Crippen molar-refractivity contribution in [1.29, 1.82) is 0 Å². The van der Waals surface area contributed by atoms with Gasteiger partial charge in [0.15, 0.2) is 5.78 Å². The molecule has 12 heavy (non-hydrogen) atoms. The first-order valence-corrected chi connectivity index (χ1v) is 5.20. The van der Waals surface area contributed by atoms with Crippen molar-refractivity contribution >= 4 is 28.7 Å². The lowest BCUT2D eigenvalue weighted by molar-refractivity contribution is 0.102. The van der Waals surface area contributed by atoms with Crippen molar-refractivity contribution < 1.29 is 4.79 Å². The van der Waals surface area contributed by atoms with E-state index in [0.29, 0.717) is 0 Å². The van der Waals surface area contributed by atoms with Crippen molar-refractivity contribution in [3.63, 3.8) is 0 Å². The van der Waals surface area contributed by atoms with Gasteiger partial charge in [0.2, 0.25) is 0 Å². The Balaban J connectivity index is 2.54. The van der Waals surface area contributed by atoms with E-state index in [9.17, 15) is 4.79 Å². The van der Waals surface area contributed by atoms with Crippen LogP contribution in [-0.2, 0) is 12.8 Å². The summed E-state index contributed by atoms with van der Waals surface area (Å²) in [5, 5.41) is 0.722. The molecule has 1 aliphatic carbocycles. The number of halogens is 1. The molecule has 0 bridgehead atoms. The second-order valence-corrected chi connectivity index (χ2v) is 4.54. The molecule has 0 radical (unpaired) electrons.